The molecule has 0 radical (unpaired) electrons. The first-order chi connectivity index (χ1) is 42.2. The molecule has 3 aliphatic heterocycles. The average Bonchev–Trinajstić information content (AvgIpc) is 1.56. The van der Waals surface area contributed by atoms with Crippen molar-refractivity contribution in [1.82, 2.24) is 36.4 Å². The number of rotatable bonds is 43. The summed E-state index contributed by atoms with van der Waals surface area (Å²) in [5.41, 5.74) is 0. The summed E-state index contributed by atoms with van der Waals surface area (Å²) in [6.07, 6.45) is -12.2. The molecule has 3 fully saturated rings. The lowest BCUT2D eigenvalue weighted by Gasteiger charge is -2.42. The van der Waals surface area contributed by atoms with E-state index in [1.807, 2.05) is 0 Å². The van der Waals surface area contributed by atoms with Gasteiger partial charge in [-0.3, -0.25) is 38.1 Å². The third kappa shape index (κ3) is 29.1. The number of nitrogens with zero attached hydrogens (tertiary/aromatic N) is 2. The lowest BCUT2D eigenvalue weighted by atomic mass is 9.97. The molecule has 0 aromatic heterocycles. The molecule has 0 aliphatic carbocycles. The smallest absolute Gasteiger partial charge is 0.325 e. The van der Waals surface area contributed by atoms with Crippen molar-refractivity contribution in [1.29, 1.82) is 0 Å². The van der Waals surface area contributed by atoms with Crippen molar-refractivity contribution in [3.05, 3.63) is 0 Å². The van der Waals surface area contributed by atoms with Crippen LogP contribution in [0.4, 0.5) is 0 Å². The van der Waals surface area contributed by atoms with Gasteiger partial charge in [-0.25, -0.2) is 0 Å². The number of nitrogens with one attached hydrogen (secondary N) is 5. The molecule has 3 heterocycles. The summed E-state index contributed by atoms with van der Waals surface area (Å²) in [6, 6.07) is -3.30. The van der Waals surface area contributed by atoms with Gasteiger partial charge in [0.1, 0.15) is 73.1 Å². The maximum Gasteiger partial charge on any atom is 0.325 e. The van der Waals surface area contributed by atoms with Crippen LogP contribution in [0.5, 0.6) is 0 Å². The Balaban J connectivity index is 1.56. The molecule has 17 atom stereocenters. The lowest BCUT2D eigenvalue weighted by Crippen LogP contribution is -2.64. The number of carbonyl (C=O) groups is 7. The first kappa shape index (κ1) is 79.0. The van der Waals surface area contributed by atoms with E-state index in [0.717, 1.165) is 6.66 Å². The quantitative estimate of drug-likeness (QED) is 0.0200. The maximum atomic E-state index is 13.9. The minimum absolute atomic E-state index is 0.00121. The second-order valence-electron chi connectivity index (χ2n) is 22.4. The number of ether oxygens (including phenoxy) is 6. The van der Waals surface area contributed by atoms with Crippen LogP contribution in [0.25, 0.3) is 0 Å². The lowest BCUT2D eigenvalue weighted by molar-refractivity contribution is -0.270. The normalized spacial score (nSPS) is 28.0. The van der Waals surface area contributed by atoms with E-state index in [2.05, 4.69) is 26.6 Å². The molecule has 16 N–H and O–H groups in total. The third-order valence-corrected chi connectivity index (χ3v) is 15.5. The Morgan fingerprint density at radius 2 is 0.820 bits per heavy atom. The summed E-state index contributed by atoms with van der Waals surface area (Å²) in [6.45, 7) is 2.91. The molecular formula is C55H100N7O26P. The molecule has 3 aliphatic rings. The molecular weight excluding hydrogens is 1210 g/mol. The van der Waals surface area contributed by atoms with Crippen LogP contribution in [0.1, 0.15) is 117 Å². The molecule has 34 heteroatoms. The van der Waals surface area contributed by atoms with Crippen molar-refractivity contribution in [3.63, 3.8) is 0 Å². The zero-order valence-corrected chi connectivity index (χ0v) is 52.3. The molecule has 516 valence electrons. The predicted octanol–water partition coefficient (Wildman–Crippen LogP) is -5.20. The largest absolute Gasteiger partial charge is 0.394 e. The van der Waals surface area contributed by atoms with Gasteiger partial charge in [-0.2, -0.15) is 0 Å². The van der Waals surface area contributed by atoms with Crippen molar-refractivity contribution in [2.75, 3.05) is 92.2 Å². The fraction of sp³-hybridized carbons (Fsp3) is 0.873. The van der Waals surface area contributed by atoms with Gasteiger partial charge in [-0.05, 0) is 57.8 Å². The van der Waals surface area contributed by atoms with E-state index < -0.39 is 156 Å². The Hall–Kier alpha value is -4.20. The summed E-state index contributed by atoms with van der Waals surface area (Å²) < 4.78 is 50.7. The van der Waals surface area contributed by atoms with Gasteiger partial charge in [0.2, 0.25) is 35.4 Å². The highest BCUT2D eigenvalue weighted by Crippen LogP contribution is 2.36. The fourth-order valence-electron chi connectivity index (χ4n) is 10.1. The number of amides is 7. The highest BCUT2D eigenvalue weighted by Gasteiger charge is 2.48. The van der Waals surface area contributed by atoms with Crippen molar-refractivity contribution >= 4 is 48.9 Å². The van der Waals surface area contributed by atoms with Gasteiger partial charge >= 0.3 is 7.60 Å². The van der Waals surface area contributed by atoms with E-state index in [4.69, 9.17) is 32.9 Å². The Kier molecular flexibility index (Phi) is 37.4. The molecule has 33 nitrogen and oxygen atoms in total. The van der Waals surface area contributed by atoms with Crippen LogP contribution in [-0.4, -0.2) is 297 Å². The molecule has 3 rings (SSSR count). The van der Waals surface area contributed by atoms with Gasteiger partial charge < -0.3 is 125 Å². The monoisotopic (exact) mass is 1310 g/mol. The van der Waals surface area contributed by atoms with Crippen molar-refractivity contribution < 1.29 is 127 Å². The highest BCUT2D eigenvalue weighted by molar-refractivity contribution is 7.51. The maximum absolute atomic E-state index is 13.9. The van der Waals surface area contributed by atoms with Gasteiger partial charge in [0, 0.05) is 106 Å². The zero-order chi connectivity index (χ0) is 66.2. The van der Waals surface area contributed by atoms with Crippen molar-refractivity contribution in [2.24, 2.45) is 0 Å². The first-order valence-electron chi connectivity index (χ1n) is 30.5. The predicted molar refractivity (Wildman–Crippen MR) is 310 cm³/mol. The second-order valence-corrected chi connectivity index (χ2v) is 24.3. The van der Waals surface area contributed by atoms with Crippen LogP contribution in [0.15, 0.2) is 0 Å². The van der Waals surface area contributed by atoms with E-state index in [0.29, 0.717) is 64.2 Å². The summed E-state index contributed by atoms with van der Waals surface area (Å²) in [5.74, 6) is -3.12. The van der Waals surface area contributed by atoms with Crippen molar-refractivity contribution in [3.8, 4) is 0 Å². The van der Waals surface area contributed by atoms with Crippen LogP contribution < -0.4 is 26.6 Å². The summed E-state index contributed by atoms with van der Waals surface area (Å²) in [5, 5.41) is 115. The Labute approximate surface area is 518 Å². The summed E-state index contributed by atoms with van der Waals surface area (Å²) in [7, 11) is -4.08. The van der Waals surface area contributed by atoms with E-state index in [-0.39, 0.29) is 109 Å². The Morgan fingerprint density at radius 3 is 1.17 bits per heavy atom. The topological polar surface area (TPSA) is 490 Å². The van der Waals surface area contributed by atoms with Crippen LogP contribution in [-0.2, 0) is 71.1 Å². The summed E-state index contributed by atoms with van der Waals surface area (Å²) in [4.78, 5) is 101. The second kappa shape index (κ2) is 42.1. The number of hydrogen-bond donors (Lipinski definition) is 16. The van der Waals surface area contributed by atoms with Gasteiger partial charge in [-0.15, -0.1) is 0 Å². The standard InChI is InChI=1S/C55H100N7O26P/c1-33(66)58-43-49(76)46(73)37(29-63)86-53(43)82-26-11-5-8-17-40(70)56-20-14-22-61(42(72)19-10-7-13-28-84-55-45(60-35(3)68)51(78)48(75)39(31-65)88-55)24-16-25-62(52(79)36(69)32-85-89(4,80)81)23-15-21-57-41(71)18-9-6-12-27-83-54-44(59-34(2)67)50(77)47(74)38(30-64)87-54/h36-39,43-51,53-55,63-65,69,73-78H,5-32H2,1-4H3,(H,56,70)(H,57,71)(H,58,66)(H,59,67)(H,60,68)(H,80,81)/t36?,37?,38?,39?,43?,44?,45?,46-,47-,48-,49+,50+,51+,53+,54+,55+/m0/s1. The highest BCUT2D eigenvalue weighted by atomic mass is 31.2. The van der Waals surface area contributed by atoms with Gasteiger partial charge in [-0.1, -0.05) is 19.3 Å². The molecule has 0 saturated carbocycles. The molecule has 0 spiro atoms. The number of hydrogen-bond acceptors (Lipinski definition) is 25. The van der Waals surface area contributed by atoms with Gasteiger partial charge in [0.25, 0.3) is 5.91 Å². The number of unbranched alkanes of at least 4 members (excludes halogenated alkanes) is 6. The Bertz CT molecular complexity index is 2180. The van der Waals surface area contributed by atoms with Crippen LogP contribution in [0.2, 0.25) is 0 Å². The summed E-state index contributed by atoms with van der Waals surface area (Å²) >= 11 is 0. The van der Waals surface area contributed by atoms with Gasteiger partial charge in [0.15, 0.2) is 25.0 Å². The zero-order valence-electron chi connectivity index (χ0n) is 51.4. The number of carbonyl (C=O) groups excluding carboxylic acids is 7. The first-order valence-corrected chi connectivity index (χ1v) is 32.5. The molecule has 7 amide bonds. The van der Waals surface area contributed by atoms with Crippen LogP contribution in [0.3, 0.4) is 0 Å². The molecule has 0 bridgehead atoms. The number of aliphatic hydroxyl groups excluding tert-OH is 10. The minimum atomic E-state index is -4.08. The van der Waals surface area contributed by atoms with Gasteiger partial charge in [0.05, 0.1) is 26.4 Å². The van der Waals surface area contributed by atoms with E-state index >= 15 is 0 Å². The SMILES string of the molecule is CC(=O)NC1[C@H](OCCCCCC(=O)NCCCN(CCCN(CCCNC(=O)CCCCCO[C@@H]2OC(CO)[C@H](O)[C@H](O)C2NC(C)=O)C(=O)C(O)COP(C)(=O)O)C(=O)CCCCCO[C@@H]2OC(CO)[C@H](O)[C@H](O)C2NC(C)=O)OC(CO)[C@H](O)[C@@H]1O. The van der Waals surface area contributed by atoms with E-state index in [1.54, 1.807) is 4.90 Å². The molecule has 0 aromatic carbocycles. The van der Waals surface area contributed by atoms with Crippen molar-refractivity contribution in [2.45, 2.75) is 215 Å². The fourth-order valence-corrected chi connectivity index (χ4v) is 10.5. The van der Waals surface area contributed by atoms with E-state index in [1.165, 1.54) is 25.7 Å². The number of aliphatic hydroxyl groups is 10. The molecule has 3 saturated heterocycles. The molecule has 89 heavy (non-hydrogen) atoms. The Morgan fingerprint density at radius 1 is 0.483 bits per heavy atom. The van der Waals surface area contributed by atoms with Crippen LogP contribution in [0, 0.1) is 0 Å². The minimum Gasteiger partial charge on any atom is -0.394 e. The molecule has 0 aromatic rings. The van der Waals surface area contributed by atoms with E-state index in [9.17, 15) is 94.1 Å². The third-order valence-electron chi connectivity index (χ3n) is 14.9. The molecule has 8 unspecified atom stereocenters. The van der Waals surface area contributed by atoms with Crippen LogP contribution >= 0.6 is 7.60 Å². The average molecular weight is 1310 g/mol.